The fraction of sp³-hybridized carbons (Fsp3) is 0.355. The van der Waals surface area contributed by atoms with Crippen molar-refractivity contribution in [2.45, 2.75) is 74.0 Å². The highest BCUT2D eigenvalue weighted by Crippen LogP contribution is 2.48. The Morgan fingerprint density at radius 3 is 2.09 bits per heavy atom. The van der Waals surface area contributed by atoms with Gasteiger partial charge in [-0.3, -0.25) is 18.9 Å². The number of hydrogen-bond acceptors (Lipinski definition) is 7. The number of anilines is 1. The number of aliphatic carboxylic acids is 1. The van der Waals surface area contributed by atoms with Gasteiger partial charge >= 0.3 is 5.97 Å². The van der Waals surface area contributed by atoms with Crippen LogP contribution in [0.3, 0.4) is 0 Å². The van der Waals surface area contributed by atoms with Crippen LogP contribution < -0.4 is 4.90 Å². The molecule has 3 N–H and O–H groups in total. The van der Waals surface area contributed by atoms with Gasteiger partial charge < -0.3 is 10.0 Å². The molecule has 0 atom stereocenters. The van der Waals surface area contributed by atoms with Crippen LogP contribution in [-0.4, -0.2) is 49.3 Å². The normalized spacial score (nSPS) is 18.4. The van der Waals surface area contributed by atoms with Gasteiger partial charge in [0.25, 0.3) is 20.2 Å². The number of hydrogen-bond donors (Lipinski definition) is 3. The largest absolute Gasteiger partial charge is 0.481 e. The summed E-state index contributed by atoms with van der Waals surface area (Å²) in [6, 6.07) is 8.91. The van der Waals surface area contributed by atoms with Gasteiger partial charge in [0, 0.05) is 35.2 Å². The Hall–Kier alpha value is -3.58. The van der Waals surface area contributed by atoms with Crippen molar-refractivity contribution in [3.8, 4) is 0 Å². The van der Waals surface area contributed by atoms with Crippen molar-refractivity contribution in [2.24, 2.45) is 4.99 Å². The Kier molecular flexibility index (Phi) is 8.90. The summed E-state index contributed by atoms with van der Waals surface area (Å²) in [5.41, 5.74) is 3.38. The van der Waals surface area contributed by atoms with E-state index in [1.165, 1.54) is 24.3 Å². The molecule has 0 unspecified atom stereocenters. The average molecular weight is 629 g/mol. The van der Waals surface area contributed by atoms with Gasteiger partial charge in [0.05, 0.1) is 21.2 Å². The van der Waals surface area contributed by atoms with Crippen molar-refractivity contribution in [1.82, 2.24) is 0 Å². The molecule has 10 nitrogen and oxygen atoms in total. The molecule has 0 aliphatic carbocycles. The maximum atomic E-state index is 11.9. The molecule has 0 radical (unpaired) electrons. The summed E-state index contributed by atoms with van der Waals surface area (Å²) in [6.45, 7) is 8.41. The minimum atomic E-state index is -4.38. The van der Waals surface area contributed by atoms with Crippen LogP contribution >= 0.6 is 0 Å². The average Bonchev–Trinajstić information content (AvgIpc) is 3.27. The van der Waals surface area contributed by atoms with E-state index < -0.39 is 37.0 Å². The number of carboxylic acid groups (broad SMARTS) is 1. The van der Waals surface area contributed by atoms with E-state index in [1.54, 1.807) is 12.1 Å². The van der Waals surface area contributed by atoms with Gasteiger partial charge in [0.15, 0.2) is 0 Å². The number of fused-ring (bicyclic) bond motifs is 2. The molecule has 0 bridgehead atoms. The SMILES string of the molecule is CC1(C)C(C=CC=CC=C2N(CCCCCC(=O)O)c3ccc(S(=O)(=O)O)cc3C2(C)C)=Nc2ccc(S(=O)(=O)O)cc21. The highest BCUT2D eigenvalue weighted by atomic mass is 32.2. The molecule has 0 fully saturated rings. The first-order valence-electron chi connectivity index (χ1n) is 13.8. The molecule has 2 aromatic rings. The van der Waals surface area contributed by atoms with Crippen LogP contribution in [0.4, 0.5) is 11.4 Å². The lowest BCUT2D eigenvalue weighted by molar-refractivity contribution is -0.137. The quantitative estimate of drug-likeness (QED) is 0.154. The number of allylic oxidation sites excluding steroid dienone is 6. The number of unbranched alkanes of at least 4 members (excludes halogenated alkanes) is 2. The van der Waals surface area contributed by atoms with Crippen LogP contribution in [0.15, 0.2) is 87.3 Å². The molecule has 0 saturated heterocycles. The molecule has 230 valence electrons. The van der Waals surface area contributed by atoms with Crippen molar-refractivity contribution < 1.29 is 35.8 Å². The van der Waals surface area contributed by atoms with Gasteiger partial charge in [-0.2, -0.15) is 16.8 Å². The van der Waals surface area contributed by atoms with Gasteiger partial charge in [-0.25, -0.2) is 0 Å². The Labute approximate surface area is 252 Å². The predicted octanol–water partition coefficient (Wildman–Crippen LogP) is 5.98. The molecule has 12 heteroatoms. The standard InChI is InChI=1S/C31H36N2O8S2/c1-30(2)23-19-21(42(36,37)38)14-16-25(23)32-27(30)11-7-5-8-12-28-31(3,4)24-20-22(43(39,40)41)15-17-26(24)33(28)18-10-6-9-13-29(34)35/h5,7-8,11-12,14-17,19-20H,6,9-10,13,18H2,1-4H3,(H,34,35)(H,36,37,38)(H,39,40,41). The number of aliphatic imine (C=N–C) groups is 1. The second kappa shape index (κ2) is 11.8. The smallest absolute Gasteiger partial charge is 0.303 e. The zero-order valence-electron chi connectivity index (χ0n) is 24.5. The monoisotopic (exact) mass is 628 g/mol. The van der Waals surface area contributed by atoms with Crippen LogP contribution in [0.2, 0.25) is 0 Å². The molecule has 43 heavy (non-hydrogen) atoms. The Bertz CT molecular complexity index is 1780. The highest BCUT2D eigenvalue weighted by molar-refractivity contribution is 7.86. The first kappa shape index (κ1) is 32.3. The van der Waals surface area contributed by atoms with Gasteiger partial charge in [0.2, 0.25) is 0 Å². The first-order valence-corrected chi connectivity index (χ1v) is 16.7. The van der Waals surface area contributed by atoms with E-state index in [2.05, 4.69) is 9.89 Å². The van der Waals surface area contributed by atoms with Crippen molar-refractivity contribution in [3.63, 3.8) is 0 Å². The second-order valence-corrected chi connectivity index (χ2v) is 14.6. The Morgan fingerprint density at radius 1 is 0.837 bits per heavy atom. The fourth-order valence-corrected chi connectivity index (χ4v) is 6.58. The number of carbonyl (C=O) groups is 1. The van der Waals surface area contributed by atoms with E-state index in [1.807, 2.05) is 58.1 Å². The third kappa shape index (κ3) is 6.82. The van der Waals surface area contributed by atoms with Crippen molar-refractivity contribution in [3.05, 3.63) is 83.6 Å². The topological polar surface area (TPSA) is 162 Å². The molecule has 2 heterocycles. The lowest BCUT2D eigenvalue weighted by Crippen LogP contribution is -2.27. The summed E-state index contributed by atoms with van der Waals surface area (Å²) in [5, 5.41) is 8.94. The van der Waals surface area contributed by atoms with E-state index in [0.29, 0.717) is 24.2 Å². The fourth-order valence-electron chi connectivity index (χ4n) is 5.56. The lowest BCUT2D eigenvalue weighted by Gasteiger charge is -2.27. The van der Waals surface area contributed by atoms with E-state index in [-0.39, 0.29) is 16.2 Å². The maximum absolute atomic E-state index is 11.9. The van der Waals surface area contributed by atoms with Crippen molar-refractivity contribution in [2.75, 3.05) is 11.4 Å². The van der Waals surface area contributed by atoms with Crippen LogP contribution in [0.25, 0.3) is 0 Å². The van der Waals surface area contributed by atoms with Crippen molar-refractivity contribution in [1.29, 1.82) is 0 Å². The minimum absolute atomic E-state index is 0.104. The van der Waals surface area contributed by atoms with E-state index >= 15 is 0 Å². The summed E-state index contributed by atoms with van der Waals surface area (Å²) < 4.78 is 66.0. The number of benzene rings is 2. The molecule has 4 rings (SSSR count). The zero-order chi connectivity index (χ0) is 31.8. The summed E-state index contributed by atoms with van der Waals surface area (Å²) in [7, 11) is -8.72. The van der Waals surface area contributed by atoms with Crippen LogP contribution in [-0.2, 0) is 35.9 Å². The third-order valence-electron chi connectivity index (χ3n) is 7.98. The summed E-state index contributed by atoms with van der Waals surface area (Å²) >= 11 is 0. The summed E-state index contributed by atoms with van der Waals surface area (Å²) in [5.74, 6) is -0.831. The van der Waals surface area contributed by atoms with Gasteiger partial charge in [-0.15, -0.1) is 0 Å². The second-order valence-electron chi connectivity index (χ2n) is 11.7. The molecule has 2 aliphatic heterocycles. The Morgan fingerprint density at radius 2 is 1.47 bits per heavy atom. The molecular weight excluding hydrogens is 592 g/mol. The predicted molar refractivity (Wildman–Crippen MR) is 165 cm³/mol. The van der Waals surface area contributed by atoms with Crippen LogP contribution in [0.1, 0.15) is 64.5 Å². The summed E-state index contributed by atoms with van der Waals surface area (Å²) in [6.07, 6.45) is 11.4. The molecule has 0 saturated carbocycles. The van der Waals surface area contributed by atoms with Gasteiger partial charge in [-0.1, -0.05) is 52.3 Å². The summed E-state index contributed by atoms with van der Waals surface area (Å²) in [4.78, 5) is 17.3. The van der Waals surface area contributed by atoms with E-state index in [4.69, 9.17) is 5.11 Å². The first-order chi connectivity index (χ1) is 19.9. The van der Waals surface area contributed by atoms with Crippen LogP contribution in [0, 0.1) is 0 Å². The van der Waals surface area contributed by atoms with Crippen molar-refractivity contribution >= 4 is 43.3 Å². The molecule has 0 amide bonds. The molecule has 0 aromatic heterocycles. The molecule has 2 aliphatic rings. The Balaban J connectivity index is 1.58. The van der Waals surface area contributed by atoms with Gasteiger partial charge in [0.1, 0.15) is 0 Å². The molecular formula is C31H36N2O8S2. The van der Waals surface area contributed by atoms with E-state index in [0.717, 1.165) is 35.5 Å². The molecule has 0 spiro atoms. The highest BCUT2D eigenvalue weighted by Gasteiger charge is 2.40. The lowest BCUT2D eigenvalue weighted by atomic mass is 9.81. The zero-order valence-corrected chi connectivity index (χ0v) is 26.1. The van der Waals surface area contributed by atoms with E-state index in [9.17, 15) is 30.7 Å². The number of carboxylic acids is 1. The number of rotatable bonds is 11. The minimum Gasteiger partial charge on any atom is -0.481 e. The third-order valence-corrected chi connectivity index (χ3v) is 9.68. The maximum Gasteiger partial charge on any atom is 0.303 e. The molecule has 2 aromatic carbocycles. The van der Waals surface area contributed by atoms with Crippen LogP contribution in [0.5, 0.6) is 0 Å². The van der Waals surface area contributed by atoms with Gasteiger partial charge in [-0.05, 0) is 72.5 Å². The number of nitrogens with zero attached hydrogens (tertiary/aromatic N) is 2.